The molecule has 0 saturated carbocycles. The summed E-state index contributed by atoms with van der Waals surface area (Å²) in [6.45, 7) is 0. The van der Waals surface area contributed by atoms with Gasteiger partial charge in [-0.25, -0.2) is 14.4 Å². The number of nitrogens with zero attached hydrogens (tertiary/aromatic N) is 3. The van der Waals surface area contributed by atoms with Crippen molar-refractivity contribution in [1.82, 2.24) is 19.5 Å². The van der Waals surface area contributed by atoms with E-state index in [1.54, 1.807) is 12.1 Å². The normalized spacial score (nSPS) is 11.7. The van der Waals surface area contributed by atoms with Crippen LogP contribution in [-0.4, -0.2) is 24.6 Å². The zero-order valence-corrected chi connectivity index (χ0v) is 21.1. The topological polar surface area (TPSA) is 66.7 Å². The van der Waals surface area contributed by atoms with Crippen LogP contribution in [0.1, 0.15) is 0 Å². The highest BCUT2D eigenvalue weighted by Crippen LogP contribution is 2.37. The smallest absolute Gasteiger partial charge is 0.149 e. The van der Waals surface area contributed by atoms with Gasteiger partial charge < -0.3 is 14.7 Å². The predicted molar refractivity (Wildman–Crippen MR) is 158 cm³/mol. The highest BCUT2D eigenvalue weighted by molar-refractivity contribution is 5.99. The maximum absolute atomic E-state index is 14.6. The molecule has 5 aromatic carbocycles. The number of phenols is 1. The van der Waals surface area contributed by atoms with Gasteiger partial charge in [0.15, 0.2) is 0 Å². The molecule has 3 heterocycles. The van der Waals surface area contributed by atoms with E-state index in [2.05, 4.69) is 21.7 Å². The molecule has 6 heteroatoms. The number of imidazole rings is 1. The number of aromatic amines is 1. The summed E-state index contributed by atoms with van der Waals surface area (Å²) in [5.41, 5.74) is 6.13. The summed E-state index contributed by atoms with van der Waals surface area (Å²) < 4.78 is 16.7. The number of para-hydroxylation sites is 3. The van der Waals surface area contributed by atoms with Gasteiger partial charge in [0.05, 0.1) is 33.5 Å². The number of fused-ring (bicyclic) bond motifs is 4. The van der Waals surface area contributed by atoms with Crippen molar-refractivity contribution >= 4 is 43.6 Å². The summed E-state index contributed by atoms with van der Waals surface area (Å²) in [5.74, 6) is 0.423. The first kappa shape index (κ1) is 22.5. The lowest BCUT2D eigenvalue weighted by Crippen LogP contribution is -1.93. The minimum Gasteiger partial charge on any atom is -0.507 e. The lowest BCUT2D eigenvalue weighted by molar-refractivity contribution is 0.478. The van der Waals surface area contributed by atoms with Gasteiger partial charge in [0.25, 0.3) is 0 Å². The Morgan fingerprint density at radius 1 is 0.700 bits per heavy atom. The average molecular weight is 521 g/mol. The van der Waals surface area contributed by atoms with Crippen LogP contribution in [0, 0.1) is 5.82 Å². The fraction of sp³-hybridized carbons (Fsp3) is 0. The van der Waals surface area contributed by atoms with Gasteiger partial charge in [-0.3, -0.25) is 0 Å². The fourth-order valence-corrected chi connectivity index (χ4v) is 5.61. The van der Waals surface area contributed by atoms with Crippen molar-refractivity contribution < 1.29 is 9.50 Å². The number of H-pyrrole nitrogens is 1. The number of benzene rings is 5. The van der Waals surface area contributed by atoms with E-state index in [4.69, 9.17) is 9.97 Å². The van der Waals surface area contributed by atoms with E-state index in [9.17, 15) is 9.50 Å². The van der Waals surface area contributed by atoms with Crippen molar-refractivity contribution in [2.24, 2.45) is 0 Å². The van der Waals surface area contributed by atoms with Crippen molar-refractivity contribution in [1.29, 1.82) is 0 Å². The van der Waals surface area contributed by atoms with Gasteiger partial charge in [-0.2, -0.15) is 0 Å². The second kappa shape index (κ2) is 8.51. The molecule has 190 valence electrons. The van der Waals surface area contributed by atoms with Crippen molar-refractivity contribution in [2.75, 3.05) is 0 Å². The maximum Gasteiger partial charge on any atom is 0.149 e. The van der Waals surface area contributed by atoms with Crippen LogP contribution in [0.15, 0.2) is 115 Å². The molecule has 0 atom stereocenters. The summed E-state index contributed by atoms with van der Waals surface area (Å²) in [4.78, 5) is 13.0. The third kappa shape index (κ3) is 3.39. The minimum absolute atomic E-state index is 0.169. The van der Waals surface area contributed by atoms with Crippen molar-refractivity contribution in [2.45, 2.75) is 0 Å². The summed E-state index contributed by atoms with van der Waals surface area (Å²) in [7, 11) is 0. The maximum atomic E-state index is 14.6. The summed E-state index contributed by atoms with van der Waals surface area (Å²) >= 11 is 0. The number of phenolic OH excluding ortho intramolecular Hbond substituents is 1. The van der Waals surface area contributed by atoms with Crippen LogP contribution in [0.25, 0.3) is 71.9 Å². The molecule has 8 rings (SSSR count). The zero-order chi connectivity index (χ0) is 26.8. The third-order valence-electron chi connectivity index (χ3n) is 7.53. The molecule has 0 radical (unpaired) electrons. The molecule has 40 heavy (non-hydrogen) atoms. The summed E-state index contributed by atoms with van der Waals surface area (Å²) in [6.07, 6.45) is 2.04. The SMILES string of the molecule is Oc1cc2ccccc2cc1-c1nc2cccc(-n3cc(-c4ccc5cccc(F)c5n4)c4ccccc43)c2[nH]1. The van der Waals surface area contributed by atoms with Gasteiger partial charge in [0.1, 0.15) is 22.9 Å². The highest BCUT2D eigenvalue weighted by Gasteiger charge is 2.18. The number of aromatic hydroxyl groups is 1. The second-order valence-electron chi connectivity index (χ2n) is 9.91. The Kier molecular flexibility index (Phi) is 4.79. The molecular weight excluding hydrogens is 499 g/mol. The zero-order valence-electron chi connectivity index (χ0n) is 21.1. The van der Waals surface area contributed by atoms with E-state index in [0.29, 0.717) is 22.6 Å². The Morgan fingerprint density at radius 3 is 2.38 bits per heavy atom. The quantitative estimate of drug-likeness (QED) is 0.246. The van der Waals surface area contributed by atoms with Crippen molar-refractivity contribution in [3.8, 4) is 34.1 Å². The highest BCUT2D eigenvalue weighted by atomic mass is 19.1. The fourth-order valence-electron chi connectivity index (χ4n) is 5.61. The molecule has 2 N–H and O–H groups in total. The van der Waals surface area contributed by atoms with Gasteiger partial charge >= 0.3 is 0 Å². The van der Waals surface area contributed by atoms with Crippen LogP contribution < -0.4 is 0 Å². The van der Waals surface area contributed by atoms with Crippen LogP contribution in [0.2, 0.25) is 0 Å². The van der Waals surface area contributed by atoms with E-state index < -0.39 is 0 Å². The predicted octanol–water partition coefficient (Wildman–Crippen LogP) is 8.39. The molecule has 0 amide bonds. The lowest BCUT2D eigenvalue weighted by atomic mass is 10.1. The van der Waals surface area contributed by atoms with Crippen LogP contribution in [-0.2, 0) is 0 Å². The Bertz CT molecular complexity index is 2260. The number of aromatic nitrogens is 4. The number of hydrogen-bond acceptors (Lipinski definition) is 3. The van der Waals surface area contributed by atoms with Crippen LogP contribution in [0.4, 0.5) is 4.39 Å². The Hall–Kier alpha value is -5.49. The number of nitrogens with one attached hydrogen (secondary N) is 1. The number of rotatable bonds is 3. The van der Waals surface area contributed by atoms with Gasteiger partial charge in [-0.1, -0.05) is 66.7 Å². The van der Waals surface area contributed by atoms with E-state index in [0.717, 1.165) is 49.3 Å². The van der Waals surface area contributed by atoms with E-state index >= 15 is 0 Å². The molecule has 0 aliphatic carbocycles. The first-order valence-electron chi connectivity index (χ1n) is 13.0. The molecule has 0 saturated heterocycles. The lowest BCUT2D eigenvalue weighted by Gasteiger charge is -2.07. The van der Waals surface area contributed by atoms with E-state index in [-0.39, 0.29) is 11.6 Å². The third-order valence-corrected chi connectivity index (χ3v) is 7.53. The molecule has 0 aliphatic heterocycles. The molecule has 0 unspecified atom stereocenters. The summed E-state index contributed by atoms with van der Waals surface area (Å²) in [6, 6.07) is 34.6. The molecular formula is C34H21FN4O. The van der Waals surface area contributed by atoms with E-state index in [1.807, 2.05) is 85.1 Å². The van der Waals surface area contributed by atoms with Gasteiger partial charge in [-0.05, 0) is 53.2 Å². The molecule has 0 fully saturated rings. The molecule has 3 aromatic heterocycles. The number of halogens is 1. The number of hydrogen-bond donors (Lipinski definition) is 2. The molecule has 8 aromatic rings. The number of pyridine rings is 1. The van der Waals surface area contributed by atoms with Gasteiger partial charge in [-0.15, -0.1) is 0 Å². The first-order valence-corrected chi connectivity index (χ1v) is 13.0. The Morgan fingerprint density at radius 2 is 1.48 bits per heavy atom. The van der Waals surface area contributed by atoms with Gasteiger partial charge in [0.2, 0.25) is 0 Å². The molecule has 5 nitrogen and oxygen atoms in total. The molecule has 0 aliphatic rings. The van der Waals surface area contributed by atoms with Crippen LogP contribution in [0.5, 0.6) is 5.75 Å². The van der Waals surface area contributed by atoms with Gasteiger partial charge in [0, 0.05) is 22.5 Å². The second-order valence-corrected chi connectivity index (χ2v) is 9.91. The first-order chi connectivity index (χ1) is 19.6. The molecule has 0 bridgehead atoms. The molecule has 0 spiro atoms. The van der Waals surface area contributed by atoms with Crippen LogP contribution in [0.3, 0.4) is 0 Å². The largest absolute Gasteiger partial charge is 0.507 e. The standard InChI is InChI=1S/C34H21FN4O/c35-26-11-5-9-20-15-16-27(36-32(20)26)25-19-39(29-13-4-3-10-23(25)29)30-14-6-12-28-33(30)38-34(37-28)24-17-21-7-1-2-8-22(21)18-31(24)40/h1-19,40H,(H,37,38). The van der Waals surface area contributed by atoms with Crippen molar-refractivity contribution in [3.63, 3.8) is 0 Å². The monoisotopic (exact) mass is 520 g/mol. The van der Waals surface area contributed by atoms with Crippen molar-refractivity contribution in [3.05, 3.63) is 121 Å². The Labute approximate surface area is 227 Å². The van der Waals surface area contributed by atoms with Crippen LogP contribution >= 0.6 is 0 Å². The minimum atomic E-state index is -0.338. The summed E-state index contributed by atoms with van der Waals surface area (Å²) in [5, 5.41) is 14.6. The Balaban J connectivity index is 1.33. The van der Waals surface area contributed by atoms with E-state index in [1.165, 1.54) is 6.07 Å². The average Bonchev–Trinajstić information content (AvgIpc) is 3.59.